The van der Waals surface area contributed by atoms with E-state index < -0.39 is 48.2 Å². The van der Waals surface area contributed by atoms with Gasteiger partial charge in [-0.15, -0.1) is 0 Å². The Balaban J connectivity index is -0.000000489. The number of esters is 2. The van der Waals surface area contributed by atoms with Crippen LogP contribution >= 0.6 is 0 Å². The molecule has 3 aromatic carbocycles. The number of imide groups is 2. The molecule has 5 fully saturated rings. The molecule has 2 aliphatic heterocycles. The average Bonchev–Trinajstić information content (AvgIpc) is 3.76. The summed E-state index contributed by atoms with van der Waals surface area (Å²) in [6, 6.07) is 19.3. The molecular formula is C63H97F3N2O9Y2. The van der Waals surface area contributed by atoms with E-state index in [4.69, 9.17) is 14.2 Å². The van der Waals surface area contributed by atoms with Gasteiger partial charge in [-0.1, -0.05) is 157 Å². The van der Waals surface area contributed by atoms with E-state index in [1.165, 1.54) is 75.4 Å². The summed E-state index contributed by atoms with van der Waals surface area (Å²) >= 11 is 0. The SMILES string of the molecule is C.C.C.C1CCC1.CC.CC.CCC1C(C)CC(C)C1C.CCOC(=O)/C=C/c1ccc(C(=O)Oc2ccc(OCCCCC(F)(F)F)cc2)cc1.CN1C(=O)C2C(C1=O)C1C(=O)N(C)C(=O)C21.Cc1cc(C)cc(C)c1.[Y].[Y]. The number of benzene rings is 3. The van der Waals surface area contributed by atoms with Crippen LogP contribution in [0.5, 0.6) is 11.5 Å². The number of ether oxygens (including phenoxy) is 3. The molecule has 2 saturated heterocycles. The van der Waals surface area contributed by atoms with Crippen molar-refractivity contribution in [1.82, 2.24) is 9.80 Å². The smallest absolute Gasteiger partial charge is 0.389 e. The molecule has 440 valence electrons. The zero-order valence-corrected chi connectivity index (χ0v) is 53.4. The third kappa shape index (κ3) is 25.6. The van der Waals surface area contributed by atoms with Crippen LogP contribution in [0.1, 0.15) is 175 Å². The first-order chi connectivity index (χ1) is 35.1. The molecule has 0 N–H and O–H groups in total. The zero-order valence-electron chi connectivity index (χ0n) is 47.8. The van der Waals surface area contributed by atoms with Crippen LogP contribution in [0.4, 0.5) is 13.2 Å². The molecule has 0 bridgehead atoms. The molecule has 5 aliphatic rings. The minimum atomic E-state index is -4.15. The summed E-state index contributed by atoms with van der Waals surface area (Å²) in [7, 11) is 2.80. The van der Waals surface area contributed by atoms with Gasteiger partial charge in [0.25, 0.3) is 0 Å². The van der Waals surface area contributed by atoms with E-state index >= 15 is 0 Å². The minimum Gasteiger partial charge on any atom is -0.494 e. The fraction of sp³-hybridized carbons (Fsp3) is 0.587. The predicted octanol–water partition coefficient (Wildman–Crippen LogP) is 15.5. The van der Waals surface area contributed by atoms with E-state index in [1.807, 2.05) is 27.7 Å². The van der Waals surface area contributed by atoms with Gasteiger partial charge >= 0.3 is 18.1 Å². The molecule has 2 heterocycles. The fourth-order valence-corrected chi connectivity index (χ4v) is 9.70. The van der Waals surface area contributed by atoms with Gasteiger partial charge in [0.15, 0.2) is 0 Å². The van der Waals surface area contributed by atoms with Crippen molar-refractivity contribution in [2.45, 2.75) is 169 Å². The topological polar surface area (TPSA) is 137 Å². The summed E-state index contributed by atoms with van der Waals surface area (Å²) in [5, 5.41) is 0. The molecular weight excluding hydrogens is 1160 g/mol. The molecule has 3 aliphatic carbocycles. The predicted molar refractivity (Wildman–Crippen MR) is 306 cm³/mol. The maximum Gasteiger partial charge on any atom is 0.389 e. The van der Waals surface area contributed by atoms with Gasteiger partial charge in [-0.2, -0.15) is 13.2 Å². The molecule has 2 radical (unpaired) electrons. The summed E-state index contributed by atoms with van der Waals surface area (Å²) < 4.78 is 51.7. The first kappa shape index (κ1) is 81.9. The van der Waals surface area contributed by atoms with Gasteiger partial charge in [-0.25, -0.2) is 9.59 Å². The van der Waals surface area contributed by atoms with Crippen molar-refractivity contribution in [2.75, 3.05) is 27.3 Å². The molecule has 4 amide bonds. The normalized spacial score (nSPS) is 21.4. The Labute approximate surface area is 524 Å². The Morgan fingerprint density at radius 1 is 0.633 bits per heavy atom. The zero-order chi connectivity index (χ0) is 55.9. The number of carbonyl (C=O) groups excluding carboxylic acids is 6. The van der Waals surface area contributed by atoms with Crippen LogP contribution in [-0.4, -0.2) is 78.9 Å². The van der Waals surface area contributed by atoms with Crippen LogP contribution in [0.15, 0.2) is 72.8 Å². The number of rotatable bonds is 11. The maximum absolute atomic E-state index is 12.2. The Bertz CT molecular complexity index is 2140. The second kappa shape index (κ2) is 41.4. The first-order valence-electron chi connectivity index (χ1n) is 26.7. The van der Waals surface area contributed by atoms with Crippen molar-refractivity contribution in [2.24, 2.45) is 47.3 Å². The van der Waals surface area contributed by atoms with Crippen LogP contribution in [0, 0.1) is 68.1 Å². The second-order valence-corrected chi connectivity index (χ2v) is 19.3. The Morgan fingerprint density at radius 2 is 1.04 bits per heavy atom. The molecule has 3 saturated carbocycles. The summed E-state index contributed by atoms with van der Waals surface area (Å²) in [5.41, 5.74) is 5.12. The summed E-state index contributed by atoms with van der Waals surface area (Å²) in [6.45, 7) is 26.1. The molecule has 3 aromatic rings. The minimum absolute atomic E-state index is 0. The number of alkyl halides is 3. The fourth-order valence-electron chi connectivity index (χ4n) is 9.70. The number of likely N-dealkylation sites (tertiary alicyclic amines) is 2. The average molecular weight is 1260 g/mol. The monoisotopic (exact) mass is 1260 g/mol. The molecule has 8 rings (SSSR count). The number of fused-ring (bicyclic) bond motifs is 4. The molecule has 4 unspecified atom stereocenters. The number of amides is 4. The van der Waals surface area contributed by atoms with Gasteiger partial charge in [0.1, 0.15) is 11.5 Å². The van der Waals surface area contributed by atoms with Gasteiger partial charge in [-0.05, 0) is 119 Å². The summed E-state index contributed by atoms with van der Waals surface area (Å²) in [4.78, 5) is 72.4. The van der Waals surface area contributed by atoms with Gasteiger partial charge in [0.2, 0.25) is 23.6 Å². The summed E-state index contributed by atoms with van der Waals surface area (Å²) in [5.74, 6) is 0.0399. The van der Waals surface area contributed by atoms with Crippen LogP contribution in [0.3, 0.4) is 0 Å². The van der Waals surface area contributed by atoms with Gasteiger partial charge < -0.3 is 14.2 Å². The Kier molecular flexibility index (Phi) is 42.9. The number of halogens is 3. The quantitative estimate of drug-likeness (QED) is 0.0604. The first-order valence-corrected chi connectivity index (χ1v) is 26.7. The Hall–Kier alpha value is -3.58. The van der Waals surface area contributed by atoms with E-state index in [-0.39, 0.29) is 124 Å². The number of nitrogens with zero attached hydrogens (tertiary/aromatic N) is 2. The van der Waals surface area contributed by atoms with Crippen molar-refractivity contribution in [1.29, 1.82) is 0 Å². The molecule has 79 heavy (non-hydrogen) atoms. The van der Waals surface area contributed by atoms with Crippen molar-refractivity contribution >= 4 is 41.6 Å². The van der Waals surface area contributed by atoms with Crippen LogP contribution in [0.2, 0.25) is 0 Å². The maximum atomic E-state index is 12.2. The number of unbranched alkanes of at least 4 members (excludes halogenated alkanes) is 1. The number of hydrogen-bond acceptors (Lipinski definition) is 9. The second-order valence-electron chi connectivity index (χ2n) is 19.3. The van der Waals surface area contributed by atoms with E-state index in [9.17, 15) is 41.9 Å². The summed E-state index contributed by atoms with van der Waals surface area (Å²) in [6.07, 6.45) is 7.05. The molecule has 4 atom stereocenters. The largest absolute Gasteiger partial charge is 0.494 e. The van der Waals surface area contributed by atoms with Crippen molar-refractivity contribution in [3.05, 3.63) is 101 Å². The van der Waals surface area contributed by atoms with Crippen LogP contribution < -0.4 is 9.47 Å². The third-order valence-electron chi connectivity index (χ3n) is 13.9. The van der Waals surface area contributed by atoms with Crippen molar-refractivity contribution in [3.8, 4) is 11.5 Å². The van der Waals surface area contributed by atoms with E-state index in [2.05, 4.69) is 66.7 Å². The molecule has 0 spiro atoms. The molecule has 11 nitrogen and oxygen atoms in total. The molecule has 0 aromatic heterocycles. The Morgan fingerprint density at radius 3 is 1.37 bits per heavy atom. The number of aryl methyl sites for hydroxylation is 3. The van der Waals surface area contributed by atoms with Crippen molar-refractivity contribution in [3.63, 3.8) is 0 Å². The van der Waals surface area contributed by atoms with Gasteiger partial charge in [-0.3, -0.25) is 29.0 Å². The molecule has 16 heteroatoms. The van der Waals surface area contributed by atoms with Crippen molar-refractivity contribution < 1.29 is 122 Å². The number of hydrogen-bond donors (Lipinski definition) is 0. The third-order valence-corrected chi connectivity index (χ3v) is 13.9. The van der Waals surface area contributed by atoms with Crippen LogP contribution in [-0.2, 0) is 94.1 Å². The van der Waals surface area contributed by atoms with E-state index in [1.54, 1.807) is 61.5 Å². The van der Waals surface area contributed by atoms with E-state index in [0.29, 0.717) is 30.1 Å². The van der Waals surface area contributed by atoms with Crippen LogP contribution in [0.25, 0.3) is 6.08 Å². The van der Waals surface area contributed by atoms with Gasteiger partial charge in [0.05, 0.1) is 42.4 Å². The van der Waals surface area contributed by atoms with E-state index in [0.717, 1.165) is 39.0 Å². The van der Waals surface area contributed by atoms with Gasteiger partial charge in [0, 0.05) is 92.0 Å². The standard InChI is InChI=1S/C23H23F3O5.C10H10N2O4.C10H20.C9H12.C4H8.2C2H6.3CH4.2Y/c1-2-29-21(27)14-7-17-5-8-18(9-6-17)22(28)31-20-12-10-19(11-13-20)30-16-4-3-15-23(24,25)26;1-11-7(13)3-4(8(11)14)6-5(3)9(15)12(2)10(6)16;1-5-10-8(3)6-7(2)9(10)4;1-7-4-8(2)6-9(3)5-7;1-2-4-3-1;2*1-2;;;;;/h5-14H,2-4,15-16H2,1H3;3-6H,1-2H3;7-10H,5-6H2,1-4H3;4-6H,1-3H3;1-4H2;2*1-2H3;3*1H4;;/b14-7+;;;;;;;;;;;. The number of carbonyl (C=O) groups is 6.